The Kier molecular flexibility index (Phi) is 5.62. The molecule has 1 aliphatic rings. The fourth-order valence-electron chi connectivity index (χ4n) is 2.64. The molecule has 6 nitrogen and oxygen atoms in total. The molecule has 2 heterocycles. The predicted octanol–water partition coefficient (Wildman–Crippen LogP) is 3.11. The predicted molar refractivity (Wildman–Crippen MR) is 102 cm³/mol. The van der Waals surface area contributed by atoms with Gasteiger partial charge in [-0.1, -0.05) is 11.6 Å². The molecule has 0 radical (unpaired) electrons. The molecule has 27 heavy (non-hydrogen) atoms. The molecule has 0 spiro atoms. The van der Waals surface area contributed by atoms with Crippen molar-refractivity contribution >= 4 is 50.6 Å². The zero-order chi connectivity index (χ0) is 19.6. The summed E-state index contributed by atoms with van der Waals surface area (Å²) in [4.78, 5) is 14.3. The van der Waals surface area contributed by atoms with E-state index in [4.69, 9.17) is 16.9 Å². The van der Waals surface area contributed by atoms with Crippen molar-refractivity contribution in [3.63, 3.8) is 0 Å². The molecule has 1 aromatic heterocycles. The van der Waals surface area contributed by atoms with Crippen LogP contribution in [0.5, 0.6) is 0 Å². The van der Waals surface area contributed by atoms with Gasteiger partial charge in [-0.25, -0.2) is 12.8 Å². The largest absolute Gasteiger partial charge is 0.308 e. The first kappa shape index (κ1) is 19.5. The summed E-state index contributed by atoms with van der Waals surface area (Å²) in [5.41, 5.74) is 0.156. The van der Waals surface area contributed by atoms with Gasteiger partial charge in [-0.05, 0) is 42.8 Å². The maximum Gasteiger partial charge on any atom is 0.245 e. The number of carbonyl (C=O) groups excluding carboxylic acids is 1. The molecule has 1 saturated heterocycles. The van der Waals surface area contributed by atoms with Crippen LogP contribution in [-0.2, 0) is 14.8 Å². The zero-order valence-electron chi connectivity index (χ0n) is 13.7. The van der Waals surface area contributed by atoms with Crippen molar-refractivity contribution in [1.29, 1.82) is 5.26 Å². The molecule has 1 N–H and O–H groups in total. The zero-order valence-corrected chi connectivity index (χ0v) is 16.1. The number of halogens is 2. The number of rotatable bonds is 5. The number of nitriles is 1. The summed E-state index contributed by atoms with van der Waals surface area (Å²) in [7, 11) is -3.86. The number of thiophene rings is 1. The fraction of sp³-hybridized carbons (Fsp3) is 0.176. The molecule has 1 aliphatic heterocycles. The van der Waals surface area contributed by atoms with Gasteiger partial charge in [0.25, 0.3) is 0 Å². The Bertz CT molecular complexity index is 1060. The quantitative estimate of drug-likeness (QED) is 0.796. The monoisotopic (exact) mass is 425 g/mol. The van der Waals surface area contributed by atoms with Gasteiger partial charge < -0.3 is 4.90 Å². The van der Waals surface area contributed by atoms with Crippen molar-refractivity contribution in [3.8, 4) is 6.07 Å². The van der Waals surface area contributed by atoms with Gasteiger partial charge in [0.15, 0.2) is 0 Å². The van der Waals surface area contributed by atoms with Crippen LogP contribution in [0, 0.1) is 17.1 Å². The topological polar surface area (TPSA) is 90.3 Å². The fourth-order valence-corrected chi connectivity index (χ4v) is 4.71. The lowest BCUT2D eigenvalue weighted by Gasteiger charge is -2.17. The third-order valence-electron chi connectivity index (χ3n) is 3.89. The minimum atomic E-state index is -3.86. The number of anilines is 1. The lowest BCUT2D eigenvalue weighted by atomic mass is 10.2. The Labute approximate surface area is 164 Å². The van der Waals surface area contributed by atoms with Crippen molar-refractivity contribution in [2.45, 2.75) is 12.5 Å². The van der Waals surface area contributed by atoms with Crippen LogP contribution in [0.1, 0.15) is 16.9 Å². The molecule has 0 bridgehead atoms. The minimum absolute atomic E-state index is 0.0180. The first-order valence-corrected chi connectivity index (χ1v) is 10.5. The maximum atomic E-state index is 14.1. The highest BCUT2D eigenvalue weighted by atomic mass is 35.5. The molecule has 3 rings (SSSR count). The van der Waals surface area contributed by atoms with Gasteiger partial charge in [-0.3, -0.25) is 4.79 Å². The summed E-state index contributed by atoms with van der Waals surface area (Å²) < 4.78 is 41.4. The molecule has 1 aromatic carbocycles. The van der Waals surface area contributed by atoms with E-state index in [1.807, 2.05) is 6.07 Å². The molecule has 1 amide bonds. The molecule has 1 atom stereocenters. The second-order valence-corrected chi connectivity index (χ2v) is 9.06. The van der Waals surface area contributed by atoms with E-state index in [1.54, 1.807) is 12.1 Å². The number of benzene rings is 1. The smallest absolute Gasteiger partial charge is 0.245 e. The highest BCUT2D eigenvalue weighted by Crippen LogP contribution is 2.26. The van der Waals surface area contributed by atoms with Gasteiger partial charge in [0.2, 0.25) is 15.9 Å². The van der Waals surface area contributed by atoms with Crippen molar-refractivity contribution < 1.29 is 17.6 Å². The second-order valence-electron chi connectivity index (χ2n) is 5.72. The Morgan fingerprint density at radius 1 is 1.37 bits per heavy atom. The maximum absolute atomic E-state index is 14.1. The van der Waals surface area contributed by atoms with Crippen LogP contribution in [0.2, 0.25) is 4.34 Å². The van der Waals surface area contributed by atoms with E-state index in [0.29, 0.717) is 9.21 Å². The van der Waals surface area contributed by atoms with Crippen LogP contribution in [-0.4, -0.2) is 26.9 Å². The van der Waals surface area contributed by atoms with Crippen molar-refractivity contribution in [1.82, 2.24) is 4.72 Å². The van der Waals surface area contributed by atoms with E-state index >= 15 is 0 Å². The van der Waals surface area contributed by atoms with Gasteiger partial charge in [-0.2, -0.15) is 9.98 Å². The summed E-state index contributed by atoms with van der Waals surface area (Å²) in [6.45, 7) is 0.166. The lowest BCUT2D eigenvalue weighted by Crippen LogP contribution is -2.40. The van der Waals surface area contributed by atoms with Crippen LogP contribution in [0.4, 0.5) is 10.1 Å². The Hall–Kier alpha value is -2.25. The molecule has 10 heteroatoms. The minimum Gasteiger partial charge on any atom is -0.308 e. The average molecular weight is 426 g/mol. The standard InChI is InChI=1S/C17H13ClFN3O3S2/c18-16-4-2-12(26-16)6-8-27(24,25)21-14-5-7-22(17(14)23)15-3-1-11(10-20)9-13(15)19/h1-4,6,8-9,14,21H,5,7H2/t14-/m0/s1. The number of nitrogens with zero attached hydrogens (tertiary/aromatic N) is 2. The summed E-state index contributed by atoms with van der Waals surface area (Å²) in [5.74, 6) is -1.25. The number of carbonyl (C=O) groups is 1. The third kappa shape index (κ3) is 4.54. The summed E-state index contributed by atoms with van der Waals surface area (Å²) in [5, 5.41) is 9.75. The van der Waals surface area contributed by atoms with E-state index in [2.05, 4.69) is 4.72 Å². The first-order chi connectivity index (χ1) is 12.8. The Morgan fingerprint density at radius 3 is 2.78 bits per heavy atom. The highest BCUT2D eigenvalue weighted by molar-refractivity contribution is 7.92. The van der Waals surface area contributed by atoms with E-state index in [-0.39, 0.29) is 24.2 Å². The van der Waals surface area contributed by atoms with Crippen molar-refractivity contribution in [2.75, 3.05) is 11.4 Å². The summed E-state index contributed by atoms with van der Waals surface area (Å²) >= 11 is 7.01. The highest BCUT2D eigenvalue weighted by Gasteiger charge is 2.35. The first-order valence-electron chi connectivity index (χ1n) is 7.76. The number of sulfonamides is 1. The van der Waals surface area contributed by atoms with Crippen molar-refractivity contribution in [2.24, 2.45) is 0 Å². The Balaban J connectivity index is 1.71. The summed E-state index contributed by atoms with van der Waals surface area (Å²) in [6, 6.07) is 7.93. The Morgan fingerprint density at radius 2 is 2.15 bits per heavy atom. The van der Waals surface area contributed by atoms with Gasteiger partial charge >= 0.3 is 0 Å². The van der Waals surface area contributed by atoms with E-state index < -0.39 is 27.8 Å². The second kappa shape index (κ2) is 7.78. The van der Waals surface area contributed by atoms with Crippen LogP contribution in [0.25, 0.3) is 6.08 Å². The molecular weight excluding hydrogens is 413 g/mol. The summed E-state index contributed by atoms with van der Waals surface area (Å²) in [6.07, 6.45) is 1.59. The van der Waals surface area contributed by atoms with Crippen LogP contribution >= 0.6 is 22.9 Å². The number of amides is 1. The van der Waals surface area contributed by atoms with Crippen LogP contribution in [0.15, 0.2) is 35.7 Å². The number of hydrogen-bond acceptors (Lipinski definition) is 5. The van der Waals surface area contributed by atoms with Gasteiger partial charge in [0.05, 0.1) is 21.7 Å². The van der Waals surface area contributed by atoms with Gasteiger partial charge in [0, 0.05) is 16.8 Å². The van der Waals surface area contributed by atoms with E-state index in [9.17, 15) is 17.6 Å². The van der Waals surface area contributed by atoms with Crippen molar-refractivity contribution in [3.05, 3.63) is 56.3 Å². The van der Waals surface area contributed by atoms with Crippen LogP contribution in [0.3, 0.4) is 0 Å². The lowest BCUT2D eigenvalue weighted by molar-refractivity contribution is -0.118. The molecule has 140 valence electrons. The number of hydrogen-bond donors (Lipinski definition) is 1. The SMILES string of the molecule is N#Cc1ccc(N2CC[C@H](NS(=O)(=O)C=Cc3ccc(Cl)s3)C2=O)c(F)c1. The third-order valence-corrected chi connectivity index (χ3v) is 6.19. The molecule has 0 aliphatic carbocycles. The molecule has 2 aromatic rings. The molecular formula is C17H13ClFN3O3S2. The van der Waals surface area contributed by atoms with Gasteiger partial charge in [0.1, 0.15) is 11.9 Å². The molecule has 0 unspecified atom stereocenters. The van der Waals surface area contributed by atoms with E-state index in [0.717, 1.165) is 11.5 Å². The van der Waals surface area contributed by atoms with Crippen LogP contribution < -0.4 is 9.62 Å². The molecule has 1 fully saturated rings. The number of nitrogens with one attached hydrogen (secondary N) is 1. The average Bonchev–Trinajstić information content (AvgIpc) is 3.19. The normalized spacial score (nSPS) is 17.6. The van der Waals surface area contributed by atoms with E-state index in [1.165, 1.54) is 34.4 Å². The van der Waals surface area contributed by atoms with Gasteiger partial charge in [-0.15, -0.1) is 11.3 Å². The molecule has 0 saturated carbocycles.